The summed E-state index contributed by atoms with van der Waals surface area (Å²) >= 11 is -0.873. The number of benzene rings is 2. The normalized spacial score (nSPS) is 17.1. The lowest BCUT2D eigenvalue weighted by Crippen LogP contribution is -2.29. The van der Waals surface area contributed by atoms with E-state index in [-0.39, 0.29) is 23.1 Å². The lowest BCUT2D eigenvalue weighted by atomic mass is 10.1. The molecule has 1 aliphatic rings. The zero-order valence-corrected chi connectivity index (χ0v) is 19.3. The number of aromatic nitrogens is 1. The maximum atomic E-state index is 13.6. The average Bonchev–Trinajstić information content (AvgIpc) is 3.27. The van der Waals surface area contributed by atoms with E-state index in [1.165, 1.54) is 30.5 Å². The molecule has 8 nitrogen and oxygen atoms in total. The van der Waals surface area contributed by atoms with Crippen LogP contribution in [0.2, 0.25) is 0 Å². The van der Waals surface area contributed by atoms with Crippen LogP contribution in [0.4, 0.5) is 10.1 Å². The van der Waals surface area contributed by atoms with Gasteiger partial charge in [0.15, 0.2) is 0 Å². The molecule has 1 aliphatic heterocycles. The summed E-state index contributed by atoms with van der Waals surface area (Å²) < 4.78 is 25.0. The standard InChI is InChI=1S/C24H24FN5O3S/c1-34(33)14-15-8-9-30(13-15)24(32)16-2-5-19(6-3-16)27-12-22(29-26)20-11-17-10-18(25)4-7-21(17)28-23(20)31/h2-7,10-12,15,26-27H,8-9,13-14H2,1H3,(H,28,31)/b22-12-,29-26?. The topological polar surface area (TPSA) is 124 Å². The van der Waals surface area contributed by atoms with Crippen LogP contribution in [0, 0.1) is 17.3 Å². The molecule has 0 saturated carbocycles. The number of H-pyrrole nitrogens is 1. The van der Waals surface area contributed by atoms with E-state index in [9.17, 15) is 18.5 Å². The van der Waals surface area contributed by atoms with E-state index in [0.717, 1.165) is 6.42 Å². The van der Waals surface area contributed by atoms with Gasteiger partial charge in [-0.25, -0.2) is 9.92 Å². The molecule has 176 valence electrons. The highest BCUT2D eigenvalue weighted by atomic mass is 32.2. The van der Waals surface area contributed by atoms with Crippen LogP contribution in [0.15, 0.2) is 64.6 Å². The van der Waals surface area contributed by atoms with Crippen molar-refractivity contribution in [2.45, 2.75) is 6.42 Å². The highest BCUT2D eigenvalue weighted by Gasteiger charge is 2.29. The van der Waals surface area contributed by atoms with Crippen molar-refractivity contribution in [3.63, 3.8) is 0 Å². The van der Waals surface area contributed by atoms with Gasteiger partial charge >= 0.3 is 0 Å². The zero-order chi connectivity index (χ0) is 24.2. The van der Waals surface area contributed by atoms with Crippen molar-refractivity contribution in [2.24, 2.45) is 11.0 Å². The van der Waals surface area contributed by atoms with Crippen LogP contribution < -0.4 is 10.9 Å². The Hall–Kier alpha value is -3.50. The highest BCUT2D eigenvalue weighted by Crippen LogP contribution is 2.22. The molecule has 3 aromatic rings. The van der Waals surface area contributed by atoms with E-state index in [4.69, 9.17) is 5.53 Å². The number of pyridine rings is 1. The molecule has 4 rings (SSSR count). The van der Waals surface area contributed by atoms with Gasteiger partial charge in [0.1, 0.15) is 17.3 Å². The Labute approximate surface area is 198 Å². The molecule has 0 aliphatic carbocycles. The maximum Gasteiger partial charge on any atom is 0.258 e. The molecule has 0 bridgehead atoms. The Morgan fingerprint density at radius 2 is 2.09 bits per heavy atom. The second-order valence-electron chi connectivity index (χ2n) is 8.25. The number of rotatable bonds is 7. The van der Waals surface area contributed by atoms with Gasteiger partial charge in [0.2, 0.25) is 0 Å². The molecular weight excluding hydrogens is 457 g/mol. The van der Waals surface area contributed by atoms with Crippen LogP contribution in [-0.2, 0) is 11.2 Å². The largest absolute Gasteiger partial charge is 0.617 e. The number of anilines is 1. The molecule has 34 heavy (non-hydrogen) atoms. The molecule has 1 aromatic heterocycles. The first-order valence-electron chi connectivity index (χ1n) is 10.7. The van der Waals surface area contributed by atoms with Crippen LogP contribution in [0.1, 0.15) is 22.3 Å². The highest BCUT2D eigenvalue weighted by molar-refractivity contribution is 7.90. The molecule has 2 atom stereocenters. The van der Waals surface area contributed by atoms with Gasteiger partial charge in [-0.2, -0.15) is 5.11 Å². The molecule has 2 aromatic carbocycles. The third kappa shape index (κ3) is 5.35. The molecule has 3 N–H and O–H groups in total. The molecule has 1 saturated heterocycles. The predicted molar refractivity (Wildman–Crippen MR) is 131 cm³/mol. The second-order valence-corrected chi connectivity index (χ2v) is 9.73. The van der Waals surface area contributed by atoms with Crippen molar-refractivity contribution in [1.29, 1.82) is 5.53 Å². The first-order valence-corrected chi connectivity index (χ1v) is 12.4. The van der Waals surface area contributed by atoms with Crippen molar-refractivity contribution in [2.75, 3.05) is 30.4 Å². The summed E-state index contributed by atoms with van der Waals surface area (Å²) in [7, 11) is 0. The minimum atomic E-state index is -0.873. The maximum absolute atomic E-state index is 13.6. The molecule has 0 radical (unpaired) electrons. The quantitative estimate of drug-likeness (QED) is 0.349. The number of carbonyl (C=O) groups excluding carboxylic acids is 1. The predicted octanol–water partition coefficient (Wildman–Crippen LogP) is 3.95. The molecule has 1 fully saturated rings. The lowest BCUT2D eigenvalue weighted by Gasteiger charge is -2.17. The Bertz CT molecular complexity index is 1310. The number of carbonyl (C=O) groups is 1. The lowest BCUT2D eigenvalue weighted by molar-refractivity contribution is 0.0788. The second kappa shape index (κ2) is 10.2. The van der Waals surface area contributed by atoms with Crippen molar-refractivity contribution < 1.29 is 13.7 Å². The van der Waals surface area contributed by atoms with E-state index >= 15 is 0 Å². The molecule has 1 amide bonds. The number of nitrogens with one attached hydrogen (secondary N) is 3. The van der Waals surface area contributed by atoms with Crippen molar-refractivity contribution in [3.05, 3.63) is 82.0 Å². The minimum Gasteiger partial charge on any atom is -0.617 e. The molecule has 2 unspecified atom stereocenters. The number of hydrogen-bond donors (Lipinski definition) is 3. The Balaban J connectivity index is 1.47. The number of likely N-dealkylation sites (tertiary alicyclic amines) is 1. The summed E-state index contributed by atoms with van der Waals surface area (Å²) in [5.41, 5.74) is 8.91. The number of nitrogens with zero attached hydrogens (tertiary/aromatic N) is 2. The number of fused-ring (bicyclic) bond motifs is 1. The molecule has 0 spiro atoms. The summed E-state index contributed by atoms with van der Waals surface area (Å²) in [6.45, 7) is 1.27. The van der Waals surface area contributed by atoms with Crippen molar-refractivity contribution in [1.82, 2.24) is 9.88 Å². The average molecular weight is 482 g/mol. The summed E-state index contributed by atoms with van der Waals surface area (Å²) in [6, 6.07) is 12.4. The minimum absolute atomic E-state index is 0.0664. The number of hydrogen-bond acceptors (Lipinski definition) is 6. The van der Waals surface area contributed by atoms with E-state index < -0.39 is 22.6 Å². The summed E-state index contributed by atoms with van der Waals surface area (Å²) in [4.78, 5) is 29.7. The van der Waals surface area contributed by atoms with Gasteiger partial charge in [-0.1, -0.05) is 11.2 Å². The van der Waals surface area contributed by atoms with Gasteiger partial charge in [0.05, 0.1) is 11.8 Å². The number of aromatic amines is 1. The third-order valence-electron chi connectivity index (χ3n) is 5.75. The molecular formula is C24H24FN5O3S. The van der Waals surface area contributed by atoms with E-state index in [0.29, 0.717) is 41.0 Å². The van der Waals surface area contributed by atoms with Gasteiger partial charge in [0.25, 0.3) is 11.5 Å². The van der Waals surface area contributed by atoms with Crippen LogP contribution in [-0.4, -0.2) is 45.4 Å². The fourth-order valence-electron chi connectivity index (χ4n) is 4.07. The Morgan fingerprint density at radius 1 is 1.32 bits per heavy atom. The fraction of sp³-hybridized carbons (Fsp3) is 0.250. The Morgan fingerprint density at radius 3 is 2.79 bits per heavy atom. The number of amides is 1. The monoisotopic (exact) mass is 481 g/mol. The van der Waals surface area contributed by atoms with Gasteiger partial charge in [0, 0.05) is 47.4 Å². The fourth-order valence-corrected chi connectivity index (χ4v) is 5.00. The van der Waals surface area contributed by atoms with E-state index in [1.54, 1.807) is 35.4 Å². The summed E-state index contributed by atoms with van der Waals surface area (Å²) in [5, 5.41) is 6.91. The molecule has 10 heteroatoms. The first-order chi connectivity index (χ1) is 16.3. The van der Waals surface area contributed by atoms with Gasteiger partial charge in [-0.15, -0.1) is 0 Å². The van der Waals surface area contributed by atoms with Gasteiger partial charge < -0.3 is 19.8 Å². The SMILES string of the molecule is C[S+]([O-])CC1CCN(C(=O)c2ccc(N/C=C(\N=N)c3cc4cc(F)ccc4[nH]c3=O)cc2)C1. The molecule has 2 heterocycles. The van der Waals surface area contributed by atoms with Crippen LogP contribution >= 0.6 is 0 Å². The number of halogens is 1. The van der Waals surface area contributed by atoms with E-state index in [2.05, 4.69) is 15.4 Å². The van der Waals surface area contributed by atoms with Crippen LogP contribution in [0.5, 0.6) is 0 Å². The van der Waals surface area contributed by atoms with Gasteiger partial charge in [-0.3, -0.25) is 9.59 Å². The summed E-state index contributed by atoms with van der Waals surface area (Å²) in [6.07, 6.45) is 3.95. The van der Waals surface area contributed by atoms with Crippen molar-refractivity contribution >= 4 is 39.4 Å². The van der Waals surface area contributed by atoms with Gasteiger partial charge in [-0.05, 0) is 55.0 Å². The van der Waals surface area contributed by atoms with Crippen LogP contribution in [0.3, 0.4) is 0 Å². The Kier molecular flexibility index (Phi) is 7.09. The summed E-state index contributed by atoms with van der Waals surface area (Å²) in [5.74, 6) is 0.374. The smallest absolute Gasteiger partial charge is 0.258 e. The third-order valence-corrected chi connectivity index (χ3v) is 6.69. The van der Waals surface area contributed by atoms with E-state index in [1.807, 2.05) is 0 Å². The van der Waals surface area contributed by atoms with Crippen molar-refractivity contribution in [3.8, 4) is 0 Å². The zero-order valence-electron chi connectivity index (χ0n) is 18.5. The first kappa shape index (κ1) is 23.7. The van der Waals surface area contributed by atoms with Crippen LogP contribution in [0.25, 0.3) is 16.6 Å².